The van der Waals surface area contributed by atoms with Crippen LogP contribution in [0.15, 0.2) is 24.8 Å². The van der Waals surface area contributed by atoms with Crippen molar-refractivity contribution < 1.29 is 9.18 Å². The fraction of sp³-hybridized carbons (Fsp3) is 0.467. The van der Waals surface area contributed by atoms with Gasteiger partial charge in [0, 0.05) is 32.3 Å². The number of hydrogen-bond acceptors (Lipinski definition) is 5. The van der Waals surface area contributed by atoms with E-state index in [1.54, 1.807) is 11.1 Å². The van der Waals surface area contributed by atoms with Gasteiger partial charge in [-0.3, -0.25) is 9.48 Å². The number of anilines is 2. The fourth-order valence-corrected chi connectivity index (χ4v) is 3.20. The number of amides is 1. The summed E-state index contributed by atoms with van der Waals surface area (Å²) in [5.41, 5.74) is 0.865. The van der Waals surface area contributed by atoms with Gasteiger partial charge in [0.15, 0.2) is 5.82 Å². The van der Waals surface area contributed by atoms with Crippen molar-refractivity contribution in [2.45, 2.75) is 25.3 Å². The van der Waals surface area contributed by atoms with Gasteiger partial charge in [-0.1, -0.05) is 0 Å². The summed E-state index contributed by atoms with van der Waals surface area (Å²) in [6.07, 6.45) is 8.48. The molecule has 1 amide bonds. The summed E-state index contributed by atoms with van der Waals surface area (Å²) in [6.45, 7) is 2.29. The van der Waals surface area contributed by atoms with E-state index in [2.05, 4.69) is 15.1 Å². The summed E-state index contributed by atoms with van der Waals surface area (Å²) < 4.78 is 14.8. The Labute approximate surface area is 132 Å². The molecule has 7 nitrogen and oxygen atoms in total. The molecule has 2 aromatic rings. The van der Waals surface area contributed by atoms with Crippen molar-refractivity contribution in [1.82, 2.24) is 19.7 Å². The molecule has 1 unspecified atom stereocenters. The molecule has 23 heavy (non-hydrogen) atoms. The molecule has 0 saturated carbocycles. The van der Waals surface area contributed by atoms with Crippen LogP contribution in [0.4, 0.5) is 16.0 Å². The van der Waals surface area contributed by atoms with E-state index in [9.17, 15) is 9.18 Å². The molecule has 2 aliphatic heterocycles. The standard InChI is InChI=1S/C15H17FN6O/c16-11-6-17-15(18-7-11)20-5-3-12(9-20)22-10-13(8-19-22)21-4-1-2-14(21)23/h6-8,10,12H,1-5,9H2. The molecule has 2 aliphatic rings. The average Bonchev–Trinajstić information content (AvgIpc) is 3.26. The first-order chi connectivity index (χ1) is 11.2. The maximum Gasteiger partial charge on any atom is 0.227 e. The summed E-state index contributed by atoms with van der Waals surface area (Å²) in [6, 6.07) is 0.204. The third-order valence-electron chi connectivity index (χ3n) is 4.40. The molecule has 2 aromatic heterocycles. The lowest BCUT2D eigenvalue weighted by molar-refractivity contribution is -0.117. The van der Waals surface area contributed by atoms with Gasteiger partial charge in [-0.2, -0.15) is 5.10 Å². The third kappa shape index (κ3) is 2.64. The number of rotatable bonds is 3. The lowest BCUT2D eigenvalue weighted by atomic mass is 10.3. The Morgan fingerprint density at radius 1 is 1.17 bits per heavy atom. The summed E-state index contributed by atoms with van der Waals surface area (Å²) in [4.78, 5) is 23.7. The van der Waals surface area contributed by atoms with Crippen LogP contribution in [0.25, 0.3) is 0 Å². The highest BCUT2D eigenvalue weighted by Gasteiger charge is 2.28. The van der Waals surface area contributed by atoms with Crippen molar-refractivity contribution in [3.8, 4) is 0 Å². The van der Waals surface area contributed by atoms with Gasteiger partial charge in [-0.25, -0.2) is 14.4 Å². The zero-order valence-electron chi connectivity index (χ0n) is 12.6. The molecular formula is C15H17FN6O. The second-order valence-electron chi connectivity index (χ2n) is 5.92. The molecule has 0 N–H and O–H groups in total. The monoisotopic (exact) mass is 316 g/mol. The molecule has 1 atom stereocenters. The van der Waals surface area contributed by atoms with Crippen molar-refractivity contribution in [3.63, 3.8) is 0 Å². The highest BCUT2D eigenvalue weighted by Crippen LogP contribution is 2.27. The van der Waals surface area contributed by atoms with Crippen LogP contribution in [0.1, 0.15) is 25.3 Å². The minimum atomic E-state index is -0.434. The highest BCUT2D eigenvalue weighted by atomic mass is 19.1. The van der Waals surface area contributed by atoms with Crippen LogP contribution in [0.3, 0.4) is 0 Å². The first-order valence-corrected chi connectivity index (χ1v) is 7.78. The summed E-state index contributed by atoms with van der Waals surface area (Å²) in [7, 11) is 0. The Hall–Kier alpha value is -2.51. The third-order valence-corrected chi connectivity index (χ3v) is 4.40. The molecule has 4 heterocycles. The van der Waals surface area contributed by atoms with Gasteiger partial charge in [-0.05, 0) is 12.8 Å². The van der Waals surface area contributed by atoms with Gasteiger partial charge in [0.25, 0.3) is 0 Å². The van der Waals surface area contributed by atoms with Gasteiger partial charge in [0.1, 0.15) is 0 Å². The van der Waals surface area contributed by atoms with E-state index in [4.69, 9.17) is 0 Å². The minimum Gasteiger partial charge on any atom is -0.339 e. The molecular weight excluding hydrogens is 299 g/mol. The largest absolute Gasteiger partial charge is 0.339 e. The van der Waals surface area contributed by atoms with Crippen molar-refractivity contribution in [1.29, 1.82) is 0 Å². The quantitative estimate of drug-likeness (QED) is 0.856. The van der Waals surface area contributed by atoms with E-state index < -0.39 is 5.82 Å². The lowest BCUT2D eigenvalue weighted by Gasteiger charge is -2.16. The average molecular weight is 316 g/mol. The van der Waals surface area contributed by atoms with Crippen LogP contribution in [0.5, 0.6) is 0 Å². The van der Waals surface area contributed by atoms with E-state index in [1.165, 1.54) is 12.4 Å². The molecule has 0 bridgehead atoms. The SMILES string of the molecule is O=C1CCCN1c1cnn(C2CCN(c3ncc(F)cn3)C2)c1. The van der Waals surface area contributed by atoms with Gasteiger partial charge in [-0.15, -0.1) is 0 Å². The van der Waals surface area contributed by atoms with Crippen LogP contribution < -0.4 is 9.80 Å². The minimum absolute atomic E-state index is 0.164. The fourth-order valence-electron chi connectivity index (χ4n) is 3.20. The van der Waals surface area contributed by atoms with Gasteiger partial charge < -0.3 is 9.80 Å². The number of carbonyl (C=O) groups is 1. The summed E-state index contributed by atoms with van der Waals surface area (Å²) in [5.74, 6) is 0.268. The molecule has 0 aromatic carbocycles. The zero-order chi connectivity index (χ0) is 15.8. The second kappa shape index (κ2) is 5.60. The maximum atomic E-state index is 12.9. The Bertz CT molecular complexity index is 715. The molecule has 0 aliphatic carbocycles. The Morgan fingerprint density at radius 3 is 2.74 bits per heavy atom. The van der Waals surface area contributed by atoms with E-state index in [0.29, 0.717) is 12.4 Å². The van der Waals surface area contributed by atoms with Crippen LogP contribution >= 0.6 is 0 Å². The molecule has 2 saturated heterocycles. The van der Waals surface area contributed by atoms with Gasteiger partial charge in [0.05, 0.1) is 30.3 Å². The first-order valence-electron chi connectivity index (χ1n) is 7.78. The number of hydrogen-bond donors (Lipinski definition) is 0. The maximum absolute atomic E-state index is 12.9. The van der Waals surface area contributed by atoms with Gasteiger partial charge >= 0.3 is 0 Å². The predicted molar refractivity (Wildman–Crippen MR) is 81.7 cm³/mol. The lowest BCUT2D eigenvalue weighted by Crippen LogP contribution is -2.24. The van der Waals surface area contributed by atoms with Crippen LogP contribution in [-0.4, -0.2) is 45.3 Å². The van der Waals surface area contributed by atoms with Gasteiger partial charge in [0.2, 0.25) is 11.9 Å². The van der Waals surface area contributed by atoms with Crippen LogP contribution in [-0.2, 0) is 4.79 Å². The van der Waals surface area contributed by atoms with Crippen molar-refractivity contribution in [2.75, 3.05) is 29.4 Å². The van der Waals surface area contributed by atoms with Crippen LogP contribution in [0, 0.1) is 5.82 Å². The number of halogens is 1. The molecule has 2 fully saturated rings. The van der Waals surface area contributed by atoms with E-state index >= 15 is 0 Å². The summed E-state index contributed by atoms with van der Waals surface area (Å²) in [5, 5.41) is 4.41. The normalized spacial score (nSPS) is 21.4. The Kier molecular flexibility index (Phi) is 3.44. The number of nitrogens with zero attached hydrogens (tertiary/aromatic N) is 6. The molecule has 0 radical (unpaired) electrons. The Balaban J connectivity index is 1.46. The molecule has 0 spiro atoms. The topological polar surface area (TPSA) is 67.2 Å². The van der Waals surface area contributed by atoms with E-state index in [0.717, 1.165) is 38.2 Å². The smallest absolute Gasteiger partial charge is 0.227 e. The van der Waals surface area contributed by atoms with Crippen molar-refractivity contribution in [3.05, 3.63) is 30.6 Å². The zero-order valence-corrected chi connectivity index (χ0v) is 12.6. The molecule has 120 valence electrons. The van der Waals surface area contributed by atoms with Crippen LogP contribution in [0.2, 0.25) is 0 Å². The van der Waals surface area contributed by atoms with E-state index in [1.807, 2.05) is 15.8 Å². The Morgan fingerprint density at radius 2 is 2.00 bits per heavy atom. The first kappa shape index (κ1) is 14.1. The molecule has 4 rings (SSSR count). The summed E-state index contributed by atoms with van der Waals surface area (Å²) >= 11 is 0. The number of aromatic nitrogens is 4. The van der Waals surface area contributed by atoms with Crippen molar-refractivity contribution >= 4 is 17.5 Å². The molecule has 8 heteroatoms. The second-order valence-corrected chi connectivity index (χ2v) is 5.92. The van der Waals surface area contributed by atoms with Crippen molar-refractivity contribution in [2.24, 2.45) is 0 Å². The van der Waals surface area contributed by atoms with E-state index in [-0.39, 0.29) is 11.9 Å². The highest BCUT2D eigenvalue weighted by molar-refractivity contribution is 5.95. The predicted octanol–water partition coefficient (Wildman–Crippen LogP) is 1.39. The number of carbonyl (C=O) groups excluding carboxylic acids is 1.